The van der Waals surface area contributed by atoms with Gasteiger partial charge < -0.3 is 15.0 Å². The average molecular weight is 283 g/mol. The Bertz CT molecular complexity index is 536. The number of aromatic nitrogens is 1. The van der Waals surface area contributed by atoms with Gasteiger partial charge in [-0.3, -0.25) is 4.98 Å². The van der Waals surface area contributed by atoms with Crippen molar-refractivity contribution in [3.8, 4) is 0 Å². The summed E-state index contributed by atoms with van der Waals surface area (Å²) in [6, 6.07) is 14.8. The molecule has 1 aromatic carbocycles. The molecule has 2 aromatic rings. The topological polar surface area (TPSA) is 37.4 Å². The maximum absolute atomic E-state index is 5.38. The fraction of sp³-hybridized carbons (Fsp3) is 0.353. The molecular formula is C17H21N3O. The van der Waals surface area contributed by atoms with Crippen molar-refractivity contribution < 1.29 is 4.74 Å². The minimum absolute atomic E-state index is 0.798. The van der Waals surface area contributed by atoms with Gasteiger partial charge >= 0.3 is 0 Å². The molecule has 2 heterocycles. The normalized spacial score (nSPS) is 15.1. The third-order valence-corrected chi connectivity index (χ3v) is 3.67. The van der Waals surface area contributed by atoms with E-state index in [1.807, 2.05) is 24.4 Å². The summed E-state index contributed by atoms with van der Waals surface area (Å²) in [5.41, 5.74) is 3.65. The zero-order valence-corrected chi connectivity index (χ0v) is 12.2. The van der Waals surface area contributed by atoms with E-state index in [1.54, 1.807) is 0 Å². The van der Waals surface area contributed by atoms with Crippen LogP contribution in [0.15, 0.2) is 48.7 Å². The van der Waals surface area contributed by atoms with E-state index in [1.165, 1.54) is 11.3 Å². The van der Waals surface area contributed by atoms with Gasteiger partial charge in [0.25, 0.3) is 0 Å². The van der Waals surface area contributed by atoms with Gasteiger partial charge in [0.1, 0.15) is 0 Å². The first-order valence-corrected chi connectivity index (χ1v) is 7.44. The molecule has 4 nitrogen and oxygen atoms in total. The first kappa shape index (κ1) is 14.0. The van der Waals surface area contributed by atoms with Crippen LogP contribution in [0.2, 0.25) is 0 Å². The van der Waals surface area contributed by atoms with Gasteiger partial charge in [-0.25, -0.2) is 0 Å². The highest BCUT2D eigenvalue weighted by atomic mass is 16.5. The molecule has 0 radical (unpaired) electrons. The van der Waals surface area contributed by atoms with Crippen molar-refractivity contribution in [2.75, 3.05) is 31.2 Å². The zero-order chi connectivity index (χ0) is 14.3. The number of nitrogens with zero attached hydrogens (tertiary/aromatic N) is 2. The van der Waals surface area contributed by atoms with Crippen molar-refractivity contribution in [1.82, 2.24) is 10.3 Å². The van der Waals surface area contributed by atoms with Crippen LogP contribution in [0.5, 0.6) is 0 Å². The predicted molar refractivity (Wildman–Crippen MR) is 84.3 cm³/mol. The molecule has 110 valence electrons. The van der Waals surface area contributed by atoms with Crippen LogP contribution in [-0.2, 0) is 17.8 Å². The SMILES string of the molecule is c1ccc(CNCc2ccc(N3CCOCC3)cc2)nc1. The summed E-state index contributed by atoms with van der Waals surface area (Å²) >= 11 is 0. The molecule has 0 spiro atoms. The zero-order valence-electron chi connectivity index (χ0n) is 12.2. The summed E-state index contributed by atoms with van der Waals surface area (Å²) in [5.74, 6) is 0. The fourth-order valence-electron chi connectivity index (χ4n) is 2.48. The summed E-state index contributed by atoms with van der Waals surface area (Å²) in [4.78, 5) is 6.67. The largest absolute Gasteiger partial charge is 0.378 e. The molecule has 1 aliphatic heterocycles. The maximum atomic E-state index is 5.38. The van der Waals surface area contributed by atoms with Crippen LogP contribution in [0, 0.1) is 0 Å². The number of hydrogen-bond donors (Lipinski definition) is 1. The standard InChI is InChI=1S/C17H21N3O/c1-2-8-19-16(3-1)14-18-13-15-4-6-17(7-5-15)20-9-11-21-12-10-20/h1-8,18H,9-14H2. The Morgan fingerprint density at radius 1 is 1.00 bits per heavy atom. The number of rotatable bonds is 5. The Morgan fingerprint density at radius 2 is 1.81 bits per heavy atom. The van der Waals surface area contributed by atoms with Crippen LogP contribution >= 0.6 is 0 Å². The van der Waals surface area contributed by atoms with Gasteiger partial charge in [-0.1, -0.05) is 18.2 Å². The van der Waals surface area contributed by atoms with E-state index in [-0.39, 0.29) is 0 Å². The van der Waals surface area contributed by atoms with Gasteiger partial charge in [0, 0.05) is 38.1 Å². The molecule has 0 amide bonds. The number of benzene rings is 1. The Balaban J connectivity index is 1.50. The van der Waals surface area contributed by atoms with Crippen molar-refractivity contribution in [1.29, 1.82) is 0 Å². The molecular weight excluding hydrogens is 262 g/mol. The number of nitrogens with one attached hydrogen (secondary N) is 1. The van der Waals surface area contributed by atoms with E-state index in [0.29, 0.717) is 0 Å². The lowest BCUT2D eigenvalue weighted by molar-refractivity contribution is 0.122. The van der Waals surface area contributed by atoms with Crippen LogP contribution < -0.4 is 10.2 Å². The number of hydrogen-bond acceptors (Lipinski definition) is 4. The van der Waals surface area contributed by atoms with E-state index >= 15 is 0 Å². The van der Waals surface area contributed by atoms with E-state index in [9.17, 15) is 0 Å². The van der Waals surface area contributed by atoms with E-state index in [4.69, 9.17) is 4.74 Å². The maximum Gasteiger partial charge on any atom is 0.0642 e. The first-order valence-electron chi connectivity index (χ1n) is 7.44. The van der Waals surface area contributed by atoms with E-state index < -0.39 is 0 Å². The van der Waals surface area contributed by atoms with E-state index in [2.05, 4.69) is 39.5 Å². The lowest BCUT2D eigenvalue weighted by atomic mass is 10.2. The lowest BCUT2D eigenvalue weighted by Gasteiger charge is -2.28. The summed E-state index contributed by atoms with van der Waals surface area (Å²) in [7, 11) is 0. The molecule has 1 saturated heterocycles. The molecule has 0 unspecified atom stereocenters. The Labute approximate surface area is 125 Å². The smallest absolute Gasteiger partial charge is 0.0642 e. The second kappa shape index (κ2) is 7.20. The van der Waals surface area contributed by atoms with Crippen LogP contribution in [0.25, 0.3) is 0 Å². The molecule has 1 aliphatic rings. The van der Waals surface area contributed by atoms with Gasteiger partial charge in [0.15, 0.2) is 0 Å². The Hall–Kier alpha value is -1.91. The van der Waals surface area contributed by atoms with Gasteiger partial charge in [0.2, 0.25) is 0 Å². The number of pyridine rings is 1. The van der Waals surface area contributed by atoms with Crippen LogP contribution in [0.1, 0.15) is 11.3 Å². The fourth-order valence-corrected chi connectivity index (χ4v) is 2.48. The van der Waals surface area contributed by atoms with Gasteiger partial charge in [-0.15, -0.1) is 0 Å². The molecule has 0 saturated carbocycles. The molecule has 1 aromatic heterocycles. The summed E-state index contributed by atoms with van der Waals surface area (Å²) in [6.07, 6.45) is 1.83. The number of ether oxygens (including phenoxy) is 1. The van der Waals surface area contributed by atoms with Gasteiger partial charge in [0.05, 0.1) is 18.9 Å². The van der Waals surface area contributed by atoms with Gasteiger partial charge in [-0.05, 0) is 29.8 Å². The van der Waals surface area contributed by atoms with Crippen molar-refractivity contribution in [2.24, 2.45) is 0 Å². The van der Waals surface area contributed by atoms with Crippen molar-refractivity contribution in [3.63, 3.8) is 0 Å². The van der Waals surface area contributed by atoms with Crippen molar-refractivity contribution in [2.45, 2.75) is 13.1 Å². The van der Waals surface area contributed by atoms with Crippen LogP contribution in [0.4, 0.5) is 5.69 Å². The van der Waals surface area contributed by atoms with E-state index in [0.717, 1.165) is 45.1 Å². The molecule has 21 heavy (non-hydrogen) atoms. The van der Waals surface area contributed by atoms with Crippen LogP contribution in [0.3, 0.4) is 0 Å². The molecule has 4 heteroatoms. The summed E-state index contributed by atoms with van der Waals surface area (Å²) in [6.45, 7) is 5.28. The highest BCUT2D eigenvalue weighted by molar-refractivity contribution is 5.47. The molecule has 1 N–H and O–H groups in total. The second-order valence-corrected chi connectivity index (χ2v) is 5.19. The third kappa shape index (κ3) is 4.03. The number of anilines is 1. The Morgan fingerprint density at radius 3 is 2.52 bits per heavy atom. The molecule has 3 rings (SSSR count). The molecule has 0 aliphatic carbocycles. The first-order chi connectivity index (χ1) is 10.4. The summed E-state index contributed by atoms with van der Waals surface area (Å²) < 4.78 is 5.38. The summed E-state index contributed by atoms with van der Waals surface area (Å²) in [5, 5.41) is 3.42. The van der Waals surface area contributed by atoms with Crippen molar-refractivity contribution >= 4 is 5.69 Å². The lowest BCUT2D eigenvalue weighted by Crippen LogP contribution is -2.36. The van der Waals surface area contributed by atoms with Crippen molar-refractivity contribution in [3.05, 3.63) is 59.9 Å². The minimum Gasteiger partial charge on any atom is -0.378 e. The predicted octanol–water partition coefficient (Wildman–Crippen LogP) is 2.21. The molecule has 1 fully saturated rings. The quantitative estimate of drug-likeness (QED) is 0.913. The third-order valence-electron chi connectivity index (χ3n) is 3.67. The Kier molecular flexibility index (Phi) is 4.82. The highest BCUT2D eigenvalue weighted by Gasteiger charge is 2.10. The number of morpholine rings is 1. The monoisotopic (exact) mass is 283 g/mol. The average Bonchev–Trinajstić information content (AvgIpc) is 2.57. The minimum atomic E-state index is 0.798. The van der Waals surface area contributed by atoms with Gasteiger partial charge in [-0.2, -0.15) is 0 Å². The second-order valence-electron chi connectivity index (χ2n) is 5.19. The highest BCUT2D eigenvalue weighted by Crippen LogP contribution is 2.16. The molecule has 0 atom stereocenters. The van der Waals surface area contributed by atoms with Crippen LogP contribution in [-0.4, -0.2) is 31.3 Å². The molecule has 0 bridgehead atoms.